The number of thioether (sulfide) groups is 1. The topological polar surface area (TPSA) is 41.7 Å². The van der Waals surface area contributed by atoms with Gasteiger partial charge in [-0.25, -0.2) is 0 Å². The Kier molecular flexibility index (Phi) is 6.36. The van der Waals surface area contributed by atoms with Crippen molar-refractivity contribution >= 4 is 22.6 Å². The summed E-state index contributed by atoms with van der Waals surface area (Å²) in [4.78, 5) is 4.33. The van der Waals surface area contributed by atoms with Crippen molar-refractivity contribution in [2.45, 2.75) is 27.3 Å². The van der Waals surface area contributed by atoms with E-state index in [1.165, 1.54) is 17.0 Å². The minimum absolute atomic E-state index is 0. The van der Waals surface area contributed by atoms with E-state index < -0.39 is 0 Å². The van der Waals surface area contributed by atoms with E-state index in [0.717, 1.165) is 29.7 Å². The number of aromatic nitrogens is 1. The van der Waals surface area contributed by atoms with Gasteiger partial charge in [-0.1, -0.05) is 17.8 Å². The molecule has 0 spiro atoms. The van der Waals surface area contributed by atoms with Gasteiger partial charge in [-0.05, 0) is 26.8 Å². The highest BCUT2D eigenvalue weighted by atomic mass is 35.5. The lowest BCUT2D eigenvalue weighted by molar-refractivity contribution is -0.00000416. The highest BCUT2D eigenvalue weighted by Crippen LogP contribution is 2.20. The molecule has 1 N–H and O–H groups in total. The van der Waals surface area contributed by atoms with E-state index in [2.05, 4.69) is 46.6 Å². The van der Waals surface area contributed by atoms with Crippen molar-refractivity contribution in [2.24, 2.45) is 10.1 Å². The van der Waals surface area contributed by atoms with Gasteiger partial charge in [-0.3, -0.25) is 10.4 Å². The standard InChI is InChI=1S/C14H20N4S.ClH/c1-5-7-18-10(3)8-12(11(18)4)13-9-19-14(15-6-2)17-16-13;/h5,8H,1,6-7,9H2,2-4H3,(H,15,17);1H/p-1. The summed E-state index contributed by atoms with van der Waals surface area (Å²) in [6.07, 6.45) is 1.92. The van der Waals surface area contributed by atoms with E-state index >= 15 is 0 Å². The second-order valence-electron chi connectivity index (χ2n) is 4.42. The van der Waals surface area contributed by atoms with Crippen molar-refractivity contribution < 1.29 is 12.4 Å². The van der Waals surface area contributed by atoms with Gasteiger partial charge in [0.2, 0.25) is 0 Å². The molecule has 0 fully saturated rings. The predicted octanol–water partition coefficient (Wildman–Crippen LogP) is -0.289. The maximum absolute atomic E-state index is 4.45. The Morgan fingerprint density at radius 1 is 1.55 bits per heavy atom. The maximum atomic E-state index is 4.45. The van der Waals surface area contributed by atoms with Gasteiger partial charge in [0.25, 0.3) is 0 Å². The van der Waals surface area contributed by atoms with Gasteiger partial charge in [0.15, 0.2) is 5.17 Å². The highest BCUT2D eigenvalue weighted by Gasteiger charge is 2.17. The fourth-order valence-electron chi connectivity index (χ4n) is 2.18. The Hall–Kier alpha value is -1.20. The molecule has 2 heterocycles. The Morgan fingerprint density at radius 3 is 2.85 bits per heavy atom. The summed E-state index contributed by atoms with van der Waals surface area (Å²) in [6.45, 7) is 11.7. The highest BCUT2D eigenvalue weighted by molar-refractivity contribution is 8.14. The van der Waals surface area contributed by atoms with Crippen LogP contribution in [0.25, 0.3) is 0 Å². The van der Waals surface area contributed by atoms with Crippen molar-refractivity contribution in [3.63, 3.8) is 0 Å². The molecule has 1 aromatic rings. The monoisotopic (exact) mass is 311 g/mol. The van der Waals surface area contributed by atoms with Crippen LogP contribution in [0.2, 0.25) is 0 Å². The molecule has 0 aromatic carbocycles. The van der Waals surface area contributed by atoms with Crippen LogP contribution < -0.4 is 17.8 Å². The molecule has 20 heavy (non-hydrogen) atoms. The minimum Gasteiger partial charge on any atom is -1.00 e. The van der Waals surface area contributed by atoms with Crippen LogP contribution in [0.5, 0.6) is 0 Å². The molecule has 0 saturated heterocycles. The summed E-state index contributed by atoms with van der Waals surface area (Å²) in [5.74, 6) is 0.865. The summed E-state index contributed by atoms with van der Waals surface area (Å²) < 4.78 is 2.26. The Morgan fingerprint density at radius 2 is 2.30 bits per heavy atom. The van der Waals surface area contributed by atoms with E-state index in [9.17, 15) is 0 Å². The Labute approximate surface area is 130 Å². The van der Waals surface area contributed by atoms with Crippen LogP contribution in [-0.2, 0) is 6.54 Å². The number of allylic oxidation sites excluding steroid dienone is 1. The zero-order chi connectivity index (χ0) is 13.8. The summed E-state index contributed by atoms with van der Waals surface area (Å²) in [7, 11) is 0. The fraction of sp³-hybridized carbons (Fsp3) is 0.429. The van der Waals surface area contributed by atoms with Crippen LogP contribution in [-0.4, -0.2) is 27.7 Å². The van der Waals surface area contributed by atoms with Gasteiger partial charge >= 0.3 is 0 Å². The summed E-state index contributed by atoms with van der Waals surface area (Å²) in [6, 6.07) is 2.20. The number of hydrazone groups is 1. The zero-order valence-corrected chi connectivity index (χ0v) is 13.7. The number of nitrogens with one attached hydrogen (secondary N) is 1. The molecular formula is C14H20ClN4S-. The first-order valence-electron chi connectivity index (χ1n) is 6.45. The molecule has 4 nitrogen and oxygen atoms in total. The van der Waals surface area contributed by atoms with Gasteiger partial charge in [0.1, 0.15) is 0 Å². The van der Waals surface area contributed by atoms with Gasteiger partial charge in [0, 0.05) is 35.8 Å². The molecule has 0 amide bonds. The summed E-state index contributed by atoms with van der Waals surface area (Å²) in [5.41, 5.74) is 7.82. The number of halogens is 1. The molecule has 1 aromatic heterocycles. The van der Waals surface area contributed by atoms with E-state index in [1.54, 1.807) is 11.8 Å². The third-order valence-corrected chi connectivity index (χ3v) is 4.04. The number of hydrogen-bond donors (Lipinski definition) is 1. The second kappa shape index (κ2) is 7.55. The van der Waals surface area contributed by atoms with Crippen molar-refractivity contribution in [3.8, 4) is 0 Å². The quantitative estimate of drug-likeness (QED) is 0.777. The first kappa shape index (κ1) is 16.9. The van der Waals surface area contributed by atoms with E-state index in [1.807, 2.05) is 13.0 Å². The first-order valence-corrected chi connectivity index (χ1v) is 7.43. The normalized spacial score (nSPS) is 16.4. The molecular weight excluding hydrogens is 292 g/mol. The molecule has 0 saturated carbocycles. The van der Waals surface area contributed by atoms with Gasteiger partial charge < -0.3 is 17.0 Å². The van der Waals surface area contributed by atoms with Crippen LogP contribution in [0.4, 0.5) is 0 Å². The first-order chi connectivity index (χ1) is 9.17. The Balaban J connectivity index is 0.00000200. The predicted molar refractivity (Wildman–Crippen MR) is 84.2 cm³/mol. The molecule has 110 valence electrons. The van der Waals surface area contributed by atoms with E-state index in [0.29, 0.717) is 0 Å². The third-order valence-electron chi connectivity index (χ3n) is 3.13. The maximum Gasteiger partial charge on any atom is 0.177 e. The lowest BCUT2D eigenvalue weighted by Crippen LogP contribution is -3.00. The van der Waals surface area contributed by atoms with E-state index in [4.69, 9.17) is 0 Å². The molecule has 0 bridgehead atoms. The molecule has 0 radical (unpaired) electrons. The lowest BCUT2D eigenvalue weighted by Gasteiger charge is -2.15. The zero-order valence-electron chi connectivity index (χ0n) is 12.1. The second-order valence-corrected chi connectivity index (χ2v) is 5.39. The number of hydrogen-bond acceptors (Lipinski definition) is 3. The fourth-order valence-corrected chi connectivity index (χ4v) is 3.01. The average Bonchev–Trinajstić information content (AvgIpc) is 2.69. The average molecular weight is 312 g/mol. The number of aryl methyl sites for hydroxylation is 1. The largest absolute Gasteiger partial charge is 1.00 e. The molecule has 6 heteroatoms. The van der Waals surface area contributed by atoms with Crippen molar-refractivity contribution in [2.75, 3.05) is 12.3 Å². The minimum atomic E-state index is 0. The van der Waals surface area contributed by atoms with Crippen molar-refractivity contribution in [3.05, 3.63) is 35.7 Å². The van der Waals surface area contributed by atoms with Gasteiger partial charge in [-0.2, -0.15) is 5.10 Å². The van der Waals surface area contributed by atoms with Gasteiger partial charge in [0.05, 0.1) is 5.71 Å². The van der Waals surface area contributed by atoms with Crippen LogP contribution in [0.3, 0.4) is 0 Å². The van der Waals surface area contributed by atoms with E-state index in [-0.39, 0.29) is 12.4 Å². The van der Waals surface area contributed by atoms with Crippen LogP contribution in [0.15, 0.2) is 28.8 Å². The van der Waals surface area contributed by atoms with Crippen LogP contribution in [0.1, 0.15) is 23.9 Å². The summed E-state index contributed by atoms with van der Waals surface area (Å²) >= 11 is 1.71. The number of rotatable bonds is 4. The SMILES string of the molecule is C=CCn1c(C)cc(C2=NNC(=NCC)SC2)c1C.[Cl-]. The number of nitrogens with zero attached hydrogens (tertiary/aromatic N) is 3. The van der Waals surface area contributed by atoms with Gasteiger partial charge in [-0.15, -0.1) is 6.58 Å². The number of amidine groups is 1. The third kappa shape index (κ3) is 3.46. The molecule has 1 aliphatic rings. The van der Waals surface area contributed by atoms with Crippen molar-refractivity contribution in [1.82, 2.24) is 9.99 Å². The molecule has 2 rings (SSSR count). The molecule has 0 atom stereocenters. The molecule has 0 unspecified atom stereocenters. The smallest absolute Gasteiger partial charge is 0.177 e. The van der Waals surface area contributed by atoms with Crippen LogP contribution >= 0.6 is 11.8 Å². The van der Waals surface area contributed by atoms with Crippen molar-refractivity contribution in [1.29, 1.82) is 0 Å². The Bertz CT molecular complexity index is 546. The lowest BCUT2D eigenvalue weighted by atomic mass is 10.1. The number of aliphatic imine (C=N–C) groups is 1. The van der Waals surface area contributed by atoms with Crippen LogP contribution in [0, 0.1) is 13.8 Å². The summed E-state index contributed by atoms with van der Waals surface area (Å²) in [5, 5.41) is 5.36. The molecule has 1 aliphatic heterocycles. The molecule has 0 aliphatic carbocycles.